The summed E-state index contributed by atoms with van der Waals surface area (Å²) in [5.41, 5.74) is 5.69. The van der Waals surface area contributed by atoms with Crippen molar-refractivity contribution in [1.82, 2.24) is 15.2 Å². The molecule has 0 atom stereocenters. The highest BCUT2D eigenvalue weighted by Crippen LogP contribution is 2.17. The van der Waals surface area contributed by atoms with Crippen molar-refractivity contribution in [3.63, 3.8) is 0 Å². The van der Waals surface area contributed by atoms with Gasteiger partial charge < -0.3 is 5.73 Å². The van der Waals surface area contributed by atoms with Crippen LogP contribution in [0.2, 0.25) is 0 Å². The molecule has 3 N–H and O–H groups in total. The third-order valence-electron chi connectivity index (χ3n) is 2.15. The number of H-pyrrole nitrogens is 1. The maximum atomic E-state index is 11.7. The van der Waals surface area contributed by atoms with E-state index in [0.29, 0.717) is 5.16 Å². The van der Waals surface area contributed by atoms with Crippen molar-refractivity contribution in [1.29, 1.82) is 5.26 Å². The van der Waals surface area contributed by atoms with E-state index in [4.69, 9.17) is 11.0 Å². The molecule has 1 rings (SSSR count). The Morgan fingerprint density at radius 1 is 1.61 bits per heavy atom. The highest BCUT2D eigenvalue weighted by molar-refractivity contribution is 7.99. The number of rotatable bonds is 5. The summed E-state index contributed by atoms with van der Waals surface area (Å²) in [4.78, 5) is 15.9. The lowest BCUT2D eigenvalue weighted by atomic mass is 10.2. The minimum Gasteiger partial charge on any atom is -0.401 e. The van der Waals surface area contributed by atoms with E-state index in [0.717, 1.165) is 5.82 Å². The van der Waals surface area contributed by atoms with Crippen LogP contribution >= 0.6 is 11.8 Å². The van der Waals surface area contributed by atoms with Crippen molar-refractivity contribution in [3.05, 3.63) is 17.1 Å². The Kier molecular flexibility index (Phi) is 4.92. The topological polar surface area (TPSA) is 108 Å². The van der Waals surface area contributed by atoms with Crippen molar-refractivity contribution in [2.75, 3.05) is 5.75 Å². The zero-order valence-electron chi connectivity index (χ0n) is 10.5. The Labute approximate surface area is 110 Å². The molecule has 0 aliphatic rings. The van der Waals surface area contributed by atoms with Crippen molar-refractivity contribution >= 4 is 17.5 Å². The maximum Gasteiger partial charge on any atom is 0.208 e. The van der Waals surface area contributed by atoms with Gasteiger partial charge in [0, 0.05) is 11.6 Å². The van der Waals surface area contributed by atoms with Crippen molar-refractivity contribution in [2.45, 2.75) is 31.8 Å². The number of aromatic nitrogens is 3. The van der Waals surface area contributed by atoms with E-state index in [-0.39, 0.29) is 28.7 Å². The maximum absolute atomic E-state index is 11.7. The fourth-order valence-corrected chi connectivity index (χ4v) is 1.83. The number of allylic oxidation sites excluding steroid dienone is 2. The van der Waals surface area contributed by atoms with E-state index < -0.39 is 0 Å². The van der Waals surface area contributed by atoms with Gasteiger partial charge in [0.2, 0.25) is 5.16 Å². The number of hydrogen-bond acceptors (Lipinski definition) is 6. The molecule has 0 radical (unpaired) electrons. The SMILES string of the molecule is CC(N)=C(C#N)C(=O)CSc1n[nH]c(C(C)C)n1. The smallest absolute Gasteiger partial charge is 0.208 e. The van der Waals surface area contributed by atoms with E-state index in [1.54, 1.807) is 6.07 Å². The quantitative estimate of drug-likeness (QED) is 0.472. The van der Waals surface area contributed by atoms with Crippen molar-refractivity contribution in [2.24, 2.45) is 5.73 Å². The number of aromatic amines is 1. The van der Waals surface area contributed by atoms with Crippen molar-refractivity contribution in [3.8, 4) is 6.07 Å². The molecule has 96 valence electrons. The van der Waals surface area contributed by atoms with Gasteiger partial charge in [-0.25, -0.2) is 4.98 Å². The summed E-state index contributed by atoms with van der Waals surface area (Å²) in [6.07, 6.45) is 0. The van der Waals surface area contributed by atoms with Gasteiger partial charge >= 0.3 is 0 Å². The summed E-state index contributed by atoms with van der Waals surface area (Å²) in [5.74, 6) is 0.824. The number of nitrogens with two attached hydrogens (primary N) is 1. The Bertz CT molecular complexity index is 508. The standard InChI is InChI=1S/C11H15N5OS/c1-6(2)10-14-11(16-15-10)18-5-9(17)8(4-12)7(3)13/h6H,5,13H2,1-3H3,(H,14,15,16). The average Bonchev–Trinajstić information content (AvgIpc) is 2.75. The number of nitrogens with zero attached hydrogens (tertiary/aromatic N) is 3. The second-order valence-electron chi connectivity index (χ2n) is 4.04. The highest BCUT2D eigenvalue weighted by atomic mass is 32.2. The minimum atomic E-state index is -0.307. The summed E-state index contributed by atoms with van der Waals surface area (Å²) in [6, 6.07) is 1.80. The predicted octanol–water partition coefficient (Wildman–Crippen LogP) is 1.35. The number of hydrogen-bond donors (Lipinski definition) is 2. The van der Waals surface area contributed by atoms with E-state index >= 15 is 0 Å². The molecule has 0 fully saturated rings. The number of carbonyl (C=O) groups excluding carboxylic acids is 1. The summed E-state index contributed by atoms with van der Waals surface area (Å²) < 4.78 is 0. The number of ketones is 1. The Hall–Kier alpha value is -1.81. The lowest BCUT2D eigenvalue weighted by Crippen LogP contribution is -2.10. The fraction of sp³-hybridized carbons (Fsp3) is 0.455. The van der Waals surface area contributed by atoms with Crippen LogP contribution in [-0.4, -0.2) is 26.7 Å². The zero-order chi connectivity index (χ0) is 13.7. The van der Waals surface area contributed by atoms with Gasteiger partial charge in [-0.3, -0.25) is 9.89 Å². The predicted molar refractivity (Wildman–Crippen MR) is 68.7 cm³/mol. The molecule has 0 aliphatic heterocycles. The summed E-state index contributed by atoms with van der Waals surface area (Å²) in [7, 11) is 0. The Balaban J connectivity index is 2.63. The van der Waals surface area contributed by atoms with Crippen LogP contribution in [-0.2, 0) is 4.79 Å². The van der Waals surface area contributed by atoms with E-state index in [1.165, 1.54) is 18.7 Å². The fourth-order valence-electron chi connectivity index (χ4n) is 1.15. The summed E-state index contributed by atoms with van der Waals surface area (Å²) >= 11 is 1.18. The second-order valence-corrected chi connectivity index (χ2v) is 4.98. The van der Waals surface area contributed by atoms with Crippen LogP contribution in [0.15, 0.2) is 16.4 Å². The Morgan fingerprint density at radius 2 is 2.28 bits per heavy atom. The molecule has 0 bridgehead atoms. The molecule has 1 aromatic heterocycles. The van der Waals surface area contributed by atoms with Crippen LogP contribution in [0.1, 0.15) is 32.5 Å². The molecule has 18 heavy (non-hydrogen) atoms. The van der Waals surface area contributed by atoms with E-state index in [1.807, 2.05) is 13.8 Å². The molecule has 0 aromatic carbocycles. The van der Waals surface area contributed by atoms with Crippen LogP contribution in [0.25, 0.3) is 0 Å². The third-order valence-corrected chi connectivity index (χ3v) is 2.99. The van der Waals surface area contributed by atoms with Gasteiger partial charge in [0.15, 0.2) is 5.78 Å². The van der Waals surface area contributed by atoms with Gasteiger partial charge in [-0.2, -0.15) is 5.26 Å². The lowest BCUT2D eigenvalue weighted by Gasteiger charge is -1.98. The number of nitriles is 1. The average molecular weight is 265 g/mol. The lowest BCUT2D eigenvalue weighted by molar-refractivity contribution is -0.112. The van der Waals surface area contributed by atoms with Gasteiger partial charge in [0.25, 0.3) is 0 Å². The molecule has 0 aliphatic carbocycles. The molecule has 1 heterocycles. The molecule has 0 saturated carbocycles. The van der Waals surface area contributed by atoms with E-state index in [9.17, 15) is 4.79 Å². The molecule has 6 nitrogen and oxygen atoms in total. The minimum absolute atomic E-state index is 0.00196. The molecule has 0 unspecified atom stereocenters. The van der Waals surface area contributed by atoms with Crippen LogP contribution in [0, 0.1) is 11.3 Å². The Morgan fingerprint density at radius 3 is 2.72 bits per heavy atom. The van der Waals surface area contributed by atoms with Crippen LogP contribution in [0.4, 0.5) is 0 Å². The summed E-state index contributed by atoms with van der Waals surface area (Å²) in [6.45, 7) is 5.52. The molecule has 7 heteroatoms. The molecular weight excluding hydrogens is 250 g/mol. The van der Waals surface area contributed by atoms with Gasteiger partial charge in [-0.1, -0.05) is 25.6 Å². The number of carbonyl (C=O) groups is 1. The number of thioether (sulfide) groups is 1. The van der Waals surface area contributed by atoms with Crippen LogP contribution in [0.5, 0.6) is 0 Å². The summed E-state index contributed by atoms with van der Waals surface area (Å²) in [5, 5.41) is 16.1. The van der Waals surface area contributed by atoms with Crippen molar-refractivity contribution < 1.29 is 4.79 Å². The molecule has 1 aromatic rings. The first-order chi connectivity index (χ1) is 8.45. The largest absolute Gasteiger partial charge is 0.401 e. The number of nitrogens with one attached hydrogen (secondary N) is 1. The first-order valence-electron chi connectivity index (χ1n) is 5.40. The first kappa shape index (κ1) is 14.3. The van der Waals surface area contributed by atoms with Gasteiger partial charge in [0.1, 0.15) is 17.5 Å². The normalized spacial score (nSPS) is 12.2. The molecule has 0 spiro atoms. The molecule has 0 saturated heterocycles. The van der Waals surface area contributed by atoms with Crippen LogP contribution in [0.3, 0.4) is 0 Å². The van der Waals surface area contributed by atoms with Crippen LogP contribution < -0.4 is 5.73 Å². The second kappa shape index (κ2) is 6.21. The highest BCUT2D eigenvalue weighted by Gasteiger charge is 2.14. The van der Waals surface area contributed by atoms with Gasteiger partial charge in [-0.05, 0) is 6.92 Å². The first-order valence-corrected chi connectivity index (χ1v) is 6.39. The van der Waals surface area contributed by atoms with E-state index in [2.05, 4.69) is 15.2 Å². The third kappa shape index (κ3) is 3.60. The monoisotopic (exact) mass is 265 g/mol. The van der Waals surface area contributed by atoms with Gasteiger partial charge in [-0.15, -0.1) is 5.10 Å². The molecule has 0 amide bonds. The molecular formula is C11H15N5OS. The van der Waals surface area contributed by atoms with Gasteiger partial charge in [0.05, 0.1) is 5.75 Å². The zero-order valence-corrected chi connectivity index (χ0v) is 11.3. The number of Topliss-reactive ketones (excluding diaryl/α,β-unsaturated/α-hetero) is 1.